The molecule has 3 nitrogen and oxygen atoms in total. The van der Waals surface area contributed by atoms with E-state index in [4.69, 9.17) is 16.7 Å². The lowest BCUT2D eigenvalue weighted by molar-refractivity contribution is 0.277. The number of aliphatic hydroxyl groups is 1. The molecule has 0 spiro atoms. The smallest absolute Gasteiger partial charge is 0.0996 e. The van der Waals surface area contributed by atoms with E-state index >= 15 is 0 Å². The molecule has 0 aliphatic heterocycles. The first-order valence-corrected chi connectivity index (χ1v) is 4.57. The van der Waals surface area contributed by atoms with Gasteiger partial charge < -0.3 is 9.67 Å². The largest absolute Gasteiger partial charge is 0.390 e. The number of aliphatic hydroxyl groups excluding tert-OH is 1. The van der Waals surface area contributed by atoms with Crippen molar-refractivity contribution in [2.24, 2.45) is 0 Å². The Morgan fingerprint density at radius 3 is 2.57 bits per heavy atom. The van der Waals surface area contributed by atoms with Crippen molar-refractivity contribution in [2.75, 3.05) is 0 Å². The molecule has 0 bridgehead atoms. The zero-order valence-corrected chi connectivity index (χ0v) is 8.15. The van der Waals surface area contributed by atoms with Crippen LogP contribution in [-0.2, 0) is 6.61 Å². The van der Waals surface area contributed by atoms with Crippen LogP contribution in [0.5, 0.6) is 0 Å². The number of hydrogen-bond donors (Lipinski definition) is 1. The third-order valence-corrected chi connectivity index (χ3v) is 2.17. The van der Waals surface area contributed by atoms with Gasteiger partial charge >= 0.3 is 0 Å². The molecule has 0 aliphatic rings. The Kier molecular flexibility index (Phi) is 2.52. The van der Waals surface area contributed by atoms with Gasteiger partial charge in [-0.05, 0) is 24.3 Å². The van der Waals surface area contributed by atoms with Crippen molar-refractivity contribution in [1.82, 2.24) is 9.55 Å². The van der Waals surface area contributed by atoms with Crippen LogP contribution in [0.15, 0.2) is 36.8 Å². The second-order valence-electron chi connectivity index (χ2n) is 2.91. The lowest BCUT2D eigenvalue weighted by Crippen LogP contribution is -1.88. The summed E-state index contributed by atoms with van der Waals surface area (Å²) in [5.74, 6) is 0. The van der Waals surface area contributed by atoms with Gasteiger partial charge in [0.1, 0.15) is 0 Å². The Morgan fingerprint density at radius 2 is 2.00 bits per heavy atom. The number of hydrogen-bond acceptors (Lipinski definition) is 2. The maximum absolute atomic E-state index is 8.85. The van der Waals surface area contributed by atoms with Crippen molar-refractivity contribution in [3.63, 3.8) is 0 Å². The van der Waals surface area contributed by atoms with E-state index in [0.717, 1.165) is 5.69 Å². The fourth-order valence-electron chi connectivity index (χ4n) is 1.20. The minimum Gasteiger partial charge on any atom is -0.390 e. The average Bonchev–Trinajstić information content (AvgIpc) is 2.67. The molecule has 2 rings (SSSR count). The first-order chi connectivity index (χ1) is 6.79. The molecule has 1 N–H and O–H groups in total. The Bertz CT molecular complexity index is 422. The number of aromatic nitrogens is 2. The summed E-state index contributed by atoms with van der Waals surface area (Å²) in [4.78, 5) is 4.01. The van der Waals surface area contributed by atoms with E-state index < -0.39 is 0 Å². The second kappa shape index (κ2) is 3.82. The van der Waals surface area contributed by atoms with Crippen molar-refractivity contribution in [2.45, 2.75) is 6.61 Å². The van der Waals surface area contributed by atoms with Gasteiger partial charge in [-0.1, -0.05) is 11.6 Å². The number of imidazole rings is 1. The molecule has 1 aromatic heterocycles. The predicted molar refractivity (Wildman–Crippen MR) is 54.5 cm³/mol. The Balaban J connectivity index is 2.34. The first kappa shape index (κ1) is 9.24. The van der Waals surface area contributed by atoms with Crippen LogP contribution in [0.1, 0.15) is 5.69 Å². The van der Waals surface area contributed by atoms with Crippen LogP contribution in [0.2, 0.25) is 5.02 Å². The molecular weight excluding hydrogens is 200 g/mol. The Labute approximate surface area is 86.6 Å². The third-order valence-electron chi connectivity index (χ3n) is 1.92. The predicted octanol–water partition coefficient (Wildman–Crippen LogP) is 2.02. The first-order valence-electron chi connectivity index (χ1n) is 4.19. The van der Waals surface area contributed by atoms with Crippen molar-refractivity contribution in [3.8, 4) is 5.69 Å². The summed E-state index contributed by atoms with van der Waals surface area (Å²) in [7, 11) is 0. The maximum Gasteiger partial charge on any atom is 0.0996 e. The van der Waals surface area contributed by atoms with E-state index in [2.05, 4.69) is 4.98 Å². The maximum atomic E-state index is 8.85. The van der Waals surface area contributed by atoms with E-state index in [1.165, 1.54) is 0 Å². The lowest BCUT2D eigenvalue weighted by Gasteiger charge is -2.00. The second-order valence-corrected chi connectivity index (χ2v) is 3.34. The molecule has 0 radical (unpaired) electrons. The molecule has 1 heterocycles. The molecule has 0 amide bonds. The molecule has 14 heavy (non-hydrogen) atoms. The van der Waals surface area contributed by atoms with Crippen LogP contribution in [0.25, 0.3) is 5.69 Å². The van der Waals surface area contributed by atoms with Gasteiger partial charge in [-0.3, -0.25) is 0 Å². The van der Waals surface area contributed by atoms with Crippen LogP contribution in [0.3, 0.4) is 0 Å². The van der Waals surface area contributed by atoms with Gasteiger partial charge in [-0.2, -0.15) is 0 Å². The van der Waals surface area contributed by atoms with E-state index in [1.807, 2.05) is 28.8 Å². The van der Waals surface area contributed by atoms with Crippen molar-refractivity contribution in [3.05, 3.63) is 47.5 Å². The highest BCUT2D eigenvalue weighted by molar-refractivity contribution is 6.30. The zero-order valence-electron chi connectivity index (χ0n) is 7.39. The molecule has 1 aromatic carbocycles. The molecule has 72 valence electrons. The molecule has 2 aromatic rings. The molecule has 0 unspecified atom stereocenters. The standard InChI is InChI=1S/C10H9ClN2O/c11-8-1-3-10(4-2-8)13-5-9(6-14)12-7-13/h1-5,7,14H,6H2. The summed E-state index contributed by atoms with van der Waals surface area (Å²) in [5.41, 5.74) is 1.63. The fraction of sp³-hybridized carbons (Fsp3) is 0.100. The minimum atomic E-state index is -0.0411. The van der Waals surface area contributed by atoms with E-state index in [-0.39, 0.29) is 6.61 Å². The van der Waals surface area contributed by atoms with Gasteiger partial charge in [-0.25, -0.2) is 4.98 Å². The summed E-state index contributed by atoms with van der Waals surface area (Å²) in [6, 6.07) is 7.42. The van der Waals surface area contributed by atoms with E-state index in [1.54, 1.807) is 12.5 Å². The summed E-state index contributed by atoms with van der Waals surface area (Å²) in [6.07, 6.45) is 3.44. The number of nitrogens with zero attached hydrogens (tertiary/aromatic N) is 2. The van der Waals surface area contributed by atoms with Gasteiger partial charge in [0.05, 0.1) is 18.6 Å². The van der Waals surface area contributed by atoms with E-state index in [0.29, 0.717) is 10.7 Å². The lowest BCUT2D eigenvalue weighted by atomic mass is 10.3. The van der Waals surface area contributed by atoms with Gasteiger partial charge in [0.15, 0.2) is 0 Å². The quantitative estimate of drug-likeness (QED) is 0.820. The number of rotatable bonds is 2. The third kappa shape index (κ3) is 1.78. The molecule has 0 saturated heterocycles. The molecular formula is C10H9ClN2O. The highest BCUT2D eigenvalue weighted by Crippen LogP contribution is 2.13. The topological polar surface area (TPSA) is 38.0 Å². The van der Waals surface area contributed by atoms with Crippen molar-refractivity contribution in [1.29, 1.82) is 0 Å². The van der Waals surface area contributed by atoms with Crippen LogP contribution in [0.4, 0.5) is 0 Å². The summed E-state index contributed by atoms with van der Waals surface area (Å²) in [6.45, 7) is -0.0411. The number of halogens is 1. The molecule has 0 saturated carbocycles. The van der Waals surface area contributed by atoms with Gasteiger partial charge in [-0.15, -0.1) is 0 Å². The molecule has 0 fully saturated rings. The SMILES string of the molecule is OCc1cn(-c2ccc(Cl)cc2)cn1. The zero-order chi connectivity index (χ0) is 9.97. The average molecular weight is 209 g/mol. The Morgan fingerprint density at radius 1 is 1.29 bits per heavy atom. The Hall–Kier alpha value is -1.32. The molecule has 0 aliphatic carbocycles. The normalized spacial score (nSPS) is 10.4. The summed E-state index contributed by atoms with van der Waals surface area (Å²) < 4.78 is 1.84. The minimum absolute atomic E-state index is 0.0411. The monoisotopic (exact) mass is 208 g/mol. The van der Waals surface area contributed by atoms with E-state index in [9.17, 15) is 0 Å². The van der Waals surface area contributed by atoms with Crippen molar-refractivity contribution >= 4 is 11.6 Å². The summed E-state index contributed by atoms with van der Waals surface area (Å²) >= 11 is 5.77. The molecule has 4 heteroatoms. The van der Waals surface area contributed by atoms with Crippen LogP contribution in [0, 0.1) is 0 Å². The van der Waals surface area contributed by atoms with Gasteiger partial charge in [0.25, 0.3) is 0 Å². The summed E-state index contributed by atoms with van der Waals surface area (Å²) in [5, 5.41) is 9.55. The van der Waals surface area contributed by atoms with Crippen LogP contribution >= 0.6 is 11.6 Å². The number of benzene rings is 1. The van der Waals surface area contributed by atoms with Gasteiger partial charge in [0, 0.05) is 16.9 Å². The fourth-order valence-corrected chi connectivity index (χ4v) is 1.33. The van der Waals surface area contributed by atoms with Crippen LogP contribution < -0.4 is 0 Å². The van der Waals surface area contributed by atoms with Gasteiger partial charge in [0.2, 0.25) is 0 Å². The van der Waals surface area contributed by atoms with Crippen LogP contribution in [-0.4, -0.2) is 14.7 Å². The molecule has 0 atom stereocenters. The van der Waals surface area contributed by atoms with Crippen molar-refractivity contribution < 1.29 is 5.11 Å². The highest BCUT2D eigenvalue weighted by Gasteiger charge is 1.98. The highest BCUT2D eigenvalue weighted by atomic mass is 35.5.